The van der Waals surface area contributed by atoms with Crippen molar-refractivity contribution in [2.45, 2.75) is 0 Å². The number of carbonyl (C=O) groups is 1. The van der Waals surface area contributed by atoms with Gasteiger partial charge in [-0.15, -0.1) is 11.3 Å². The molecule has 0 N–H and O–H groups in total. The van der Waals surface area contributed by atoms with Gasteiger partial charge >= 0.3 is 0 Å². The van der Waals surface area contributed by atoms with Crippen LogP contribution in [0.3, 0.4) is 0 Å². The second kappa shape index (κ2) is 5.48. The molecule has 0 atom stereocenters. The Morgan fingerprint density at radius 1 is 1.26 bits per heavy atom. The fourth-order valence-electron chi connectivity index (χ4n) is 2.46. The van der Waals surface area contributed by atoms with Crippen LogP contribution in [-0.4, -0.2) is 29.5 Å². The summed E-state index contributed by atoms with van der Waals surface area (Å²) in [7, 11) is 1.76. The zero-order valence-electron chi connectivity index (χ0n) is 12.4. The van der Waals surface area contributed by atoms with Gasteiger partial charge in [-0.05, 0) is 30.3 Å². The van der Waals surface area contributed by atoms with E-state index < -0.39 is 0 Å². The first-order chi connectivity index (χ1) is 11.2. The maximum Gasteiger partial charge on any atom is 0.264 e. The number of likely N-dealkylation sites (N-methyl/N-ethyl adjacent to an activating group) is 1. The highest BCUT2D eigenvalue weighted by Crippen LogP contribution is 2.36. The van der Waals surface area contributed by atoms with Crippen molar-refractivity contribution < 1.29 is 9.53 Å². The number of hydrogen-bond acceptors (Lipinski definition) is 5. The van der Waals surface area contributed by atoms with Gasteiger partial charge in [0.1, 0.15) is 10.8 Å². The van der Waals surface area contributed by atoms with Crippen molar-refractivity contribution in [1.82, 2.24) is 9.97 Å². The van der Waals surface area contributed by atoms with Gasteiger partial charge in [0.15, 0.2) is 6.61 Å². The number of pyridine rings is 1. The average Bonchev–Trinajstić information content (AvgIpc) is 3.09. The first-order valence-corrected chi connectivity index (χ1v) is 8.00. The molecule has 1 aliphatic rings. The van der Waals surface area contributed by atoms with Crippen molar-refractivity contribution in [3.8, 4) is 27.6 Å². The Bertz CT molecular complexity index is 877. The molecule has 3 heterocycles. The van der Waals surface area contributed by atoms with E-state index in [0.717, 1.165) is 33.3 Å². The lowest BCUT2D eigenvalue weighted by Gasteiger charge is -2.26. The minimum Gasteiger partial charge on any atom is -0.482 e. The molecule has 0 bridgehead atoms. The third kappa shape index (κ3) is 2.47. The second-order valence-electron chi connectivity index (χ2n) is 5.20. The number of thiazole rings is 1. The third-order valence-electron chi connectivity index (χ3n) is 3.75. The largest absolute Gasteiger partial charge is 0.482 e. The topological polar surface area (TPSA) is 55.3 Å². The minimum absolute atomic E-state index is 0.0519. The van der Waals surface area contributed by atoms with Crippen molar-refractivity contribution in [2.24, 2.45) is 0 Å². The molecule has 0 fully saturated rings. The number of benzene rings is 1. The normalized spacial score (nSPS) is 13.6. The van der Waals surface area contributed by atoms with Crippen LogP contribution in [0.15, 0.2) is 48.1 Å². The van der Waals surface area contributed by atoms with Crippen molar-refractivity contribution in [3.63, 3.8) is 0 Å². The Labute approximate surface area is 137 Å². The van der Waals surface area contributed by atoms with Gasteiger partial charge in [-0.1, -0.05) is 0 Å². The molecule has 6 heteroatoms. The van der Waals surface area contributed by atoms with Gasteiger partial charge in [0.2, 0.25) is 0 Å². The Hall–Kier alpha value is -2.73. The van der Waals surface area contributed by atoms with Crippen LogP contribution in [0.25, 0.3) is 21.8 Å². The molecule has 3 aromatic rings. The summed E-state index contributed by atoms with van der Waals surface area (Å²) >= 11 is 1.57. The van der Waals surface area contributed by atoms with Gasteiger partial charge in [-0.25, -0.2) is 4.98 Å². The minimum atomic E-state index is -0.0519. The molecule has 23 heavy (non-hydrogen) atoms. The zero-order chi connectivity index (χ0) is 15.8. The highest BCUT2D eigenvalue weighted by atomic mass is 32.1. The molecule has 0 aliphatic carbocycles. The van der Waals surface area contributed by atoms with E-state index in [4.69, 9.17) is 4.74 Å². The first kappa shape index (κ1) is 13.9. The Balaban J connectivity index is 1.72. The molecule has 1 aliphatic heterocycles. The molecule has 114 valence electrons. The van der Waals surface area contributed by atoms with Crippen molar-refractivity contribution >= 4 is 22.9 Å². The van der Waals surface area contributed by atoms with E-state index in [1.807, 2.05) is 35.7 Å². The number of aromatic nitrogens is 2. The fraction of sp³-hybridized carbons (Fsp3) is 0.118. The average molecular weight is 323 g/mol. The van der Waals surface area contributed by atoms with E-state index in [1.54, 1.807) is 35.7 Å². The highest BCUT2D eigenvalue weighted by Gasteiger charge is 2.22. The zero-order valence-corrected chi connectivity index (χ0v) is 13.2. The number of hydrogen-bond donors (Lipinski definition) is 0. The molecule has 0 saturated heterocycles. The van der Waals surface area contributed by atoms with E-state index in [-0.39, 0.29) is 12.5 Å². The molecule has 0 radical (unpaired) electrons. The number of ether oxygens (including phenoxy) is 1. The molecule has 2 aromatic heterocycles. The summed E-state index contributed by atoms with van der Waals surface area (Å²) < 4.78 is 5.45. The van der Waals surface area contributed by atoms with E-state index in [2.05, 4.69) is 9.97 Å². The number of carbonyl (C=O) groups excluding carboxylic acids is 1. The number of amides is 1. The first-order valence-electron chi connectivity index (χ1n) is 7.12. The van der Waals surface area contributed by atoms with Gasteiger partial charge in [0.25, 0.3) is 5.91 Å². The number of anilines is 1. The Morgan fingerprint density at radius 2 is 2.17 bits per heavy atom. The SMILES string of the molecule is CN1C(=O)COc2ccc(-c3csc(-c4cccnc4)n3)cc21. The van der Waals surface area contributed by atoms with Gasteiger partial charge < -0.3 is 9.64 Å². The van der Waals surface area contributed by atoms with Crippen molar-refractivity contribution in [2.75, 3.05) is 18.6 Å². The summed E-state index contributed by atoms with van der Waals surface area (Å²) in [6.45, 7) is 0.0880. The molecular formula is C17H13N3O2S. The van der Waals surface area contributed by atoms with Gasteiger partial charge in [0, 0.05) is 35.9 Å². The summed E-state index contributed by atoms with van der Waals surface area (Å²) in [6, 6.07) is 9.67. The second-order valence-corrected chi connectivity index (χ2v) is 6.06. The molecule has 5 nitrogen and oxygen atoms in total. The molecule has 0 saturated carbocycles. The Morgan fingerprint density at radius 3 is 3.00 bits per heavy atom. The van der Waals surface area contributed by atoms with Crippen LogP contribution in [0.5, 0.6) is 5.75 Å². The Kier molecular flexibility index (Phi) is 3.31. The summed E-state index contributed by atoms with van der Waals surface area (Å²) in [4.78, 5) is 22.2. The summed E-state index contributed by atoms with van der Waals surface area (Å²) in [6.07, 6.45) is 3.55. The highest BCUT2D eigenvalue weighted by molar-refractivity contribution is 7.13. The smallest absolute Gasteiger partial charge is 0.264 e. The van der Waals surface area contributed by atoms with Crippen LogP contribution in [0.4, 0.5) is 5.69 Å². The molecule has 0 spiro atoms. The predicted octanol–water partition coefficient (Wildman–Crippen LogP) is 3.23. The van der Waals surface area contributed by atoms with Crippen LogP contribution in [0, 0.1) is 0 Å². The summed E-state index contributed by atoms with van der Waals surface area (Å²) in [5.74, 6) is 0.669. The van der Waals surface area contributed by atoms with E-state index in [0.29, 0.717) is 0 Å². The third-order valence-corrected chi connectivity index (χ3v) is 4.65. The van der Waals surface area contributed by atoms with Crippen LogP contribution < -0.4 is 9.64 Å². The molecule has 4 rings (SSSR count). The van der Waals surface area contributed by atoms with Crippen LogP contribution in [0.1, 0.15) is 0 Å². The molecule has 1 aromatic carbocycles. The summed E-state index contributed by atoms with van der Waals surface area (Å²) in [5.41, 5.74) is 3.61. The van der Waals surface area contributed by atoms with E-state index >= 15 is 0 Å². The van der Waals surface area contributed by atoms with Crippen LogP contribution in [-0.2, 0) is 4.79 Å². The standard InChI is InChI=1S/C17H13N3O2S/c1-20-14-7-11(4-5-15(14)22-9-16(20)21)13-10-23-17(19-13)12-3-2-6-18-8-12/h2-8,10H,9H2,1H3. The maximum atomic E-state index is 11.8. The van der Waals surface area contributed by atoms with Crippen LogP contribution >= 0.6 is 11.3 Å². The lowest BCUT2D eigenvalue weighted by atomic mass is 10.1. The number of fused-ring (bicyclic) bond motifs is 1. The van der Waals surface area contributed by atoms with Gasteiger partial charge in [-0.3, -0.25) is 9.78 Å². The molecule has 0 unspecified atom stereocenters. The molecular weight excluding hydrogens is 310 g/mol. The van der Waals surface area contributed by atoms with Gasteiger partial charge in [0.05, 0.1) is 11.4 Å². The van der Waals surface area contributed by atoms with E-state index in [1.165, 1.54) is 0 Å². The fourth-order valence-corrected chi connectivity index (χ4v) is 3.28. The monoisotopic (exact) mass is 323 g/mol. The molecule has 1 amide bonds. The number of rotatable bonds is 2. The summed E-state index contributed by atoms with van der Waals surface area (Å²) in [5, 5.41) is 2.93. The van der Waals surface area contributed by atoms with Crippen molar-refractivity contribution in [1.29, 1.82) is 0 Å². The van der Waals surface area contributed by atoms with Gasteiger partial charge in [-0.2, -0.15) is 0 Å². The lowest BCUT2D eigenvalue weighted by molar-refractivity contribution is -0.120. The predicted molar refractivity (Wildman–Crippen MR) is 89.7 cm³/mol. The van der Waals surface area contributed by atoms with Crippen LogP contribution in [0.2, 0.25) is 0 Å². The quantitative estimate of drug-likeness (QED) is 0.726. The lowest BCUT2D eigenvalue weighted by Crippen LogP contribution is -2.35. The van der Waals surface area contributed by atoms with Crippen molar-refractivity contribution in [3.05, 3.63) is 48.1 Å². The maximum absolute atomic E-state index is 11.8. The van der Waals surface area contributed by atoms with E-state index in [9.17, 15) is 4.79 Å². The number of nitrogens with zero attached hydrogens (tertiary/aromatic N) is 3.